The lowest BCUT2D eigenvalue weighted by Gasteiger charge is -2.10. The molecule has 0 aliphatic rings. The van der Waals surface area contributed by atoms with Gasteiger partial charge in [0.1, 0.15) is 0 Å². The van der Waals surface area contributed by atoms with E-state index in [2.05, 4.69) is 5.32 Å². The van der Waals surface area contributed by atoms with E-state index < -0.39 is 4.92 Å². The Morgan fingerprint density at radius 1 is 1.00 bits per heavy atom. The van der Waals surface area contributed by atoms with Crippen LogP contribution < -0.4 is 9.88 Å². The topological polar surface area (TPSA) is 79.3 Å². The highest BCUT2D eigenvalue weighted by Crippen LogP contribution is 2.20. The van der Waals surface area contributed by atoms with E-state index in [0.29, 0.717) is 22.8 Å². The second kappa shape index (κ2) is 8.88. The molecule has 0 aliphatic heterocycles. The number of aliphatic hydroxyl groups excluding tert-OH is 1. The van der Waals surface area contributed by atoms with Gasteiger partial charge in [0.05, 0.1) is 4.92 Å². The molecule has 28 heavy (non-hydrogen) atoms. The number of nitrogens with zero attached hydrogens (tertiary/aromatic N) is 2. The minimum absolute atomic E-state index is 0.0461. The molecule has 140 valence electrons. The number of non-ortho nitro benzene ring substituents is 1. The van der Waals surface area contributed by atoms with Crippen LogP contribution in [0.4, 0.5) is 5.69 Å². The van der Waals surface area contributed by atoms with Gasteiger partial charge in [0.2, 0.25) is 0 Å². The van der Waals surface area contributed by atoms with Crippen LogP contribution in [0.2, 0.25) is 0 Å². The van der Waals surface area contributed by atoms with Crippen molar-refractivity contribution in [2.75, 3.05) is 0 Å². The summed E-state index contributed by atoms with van der Waals surface area (Å²) in [4.78, 5) is 10.7. The molecule has 1 aromatic heterocycles. The average Bonchev–Trinajstić information content (AvgIpc) is 2.74. The fourth-order valence-corrected chi connectivity index (χ4v) is 2.91. The largest absolute Gasteiger partial charge is 0.502 e. The van der Waals surface area contributed by atoms with Crippen molar-refractivity contribution >= 4 is 34.3 Å². The van der Waals surface area contributed by atoms with E-state index in [4.69, 9.17) is 12.2 Å². The first-order chi connectivity index (χ1) is 13.6. The average molecular weight is 392 g/mol. The summed E-state index contributed by atoms with van der Waals surface area (Å²) in [5.41, 5.74) is 1.83. The normalized spacial score (nSPS) is 11.4. The number of aliphatic hydroxyl groups is 1. The Bertz CT molecular complexity index is 1000. The second-order valence-electron chi connectivity index (χ2n) is 5.95. The number of benzene rings is 2. The molecule has 2 N–H and O–H groups in total. The fourth-order valence-electron chi connectivity index (χ4n) is 2.63. The summed E-state index contributed by atoms with van der Waals surface area (Å²) in [5, 5.41) is 24.9. The smallest absolute Gasteiger partial charge is 0.287 e. The number of nitro benzene ring substituents is 1. The fraction of sp³-hybridized carbons (Fsp3) is 0.0476. The van der Waals surface area contributed by atoms with Crippen molar-refractivity contribution in [3.63, 3.8) is 0 Å². The van der Waals surface area contributed by atoms with Crippen LogP contribution in [0.5, 0.6) is 0 Å². The molecule has 6 nitrogen and oxygen atoms in total. The highest BCUT2D eigenvalue weighted by molar-refractivity contribution is 7.81. The van der Waals surface area contributed by atoms with Crippen LogP contribution in [0, 0.1) is 10.1 Å². The quantitative estimate of drug-likeness (QED) is 0.166. The number of thiocarbonyl (C=S) groups is 1. The molecule has 0 saturated heterocycles. The lowest BCUT2D eigenvalue weighted by molar-refractivity contribution is -0.576. The molecule has 0 spiro atoms. The molecule has 3 aromatic rings. The van der Waals surface area contributed by atoms with Crippen LogP contribution in [-0.2, 0) is 6.54 Å². The SMILES string of the molecule is O=[N+]([O-])c1ccc(C(O)=C(C(=S)NCc2ccccc2)[n+]2ccccc2)cc1. The third-order valence-corrected chi connectivity index (χ3v) is 4.40. The van der Waals surface area contributed by atoms with Gasteiger partial charge in [0.15, 0.2) is 23.1 Å². The van der Waals surface area contributed by atoms with Crippen molar-refractivity contribution in [1.29, 1.82) is 0 Å². The summed E-state index contributed by atoms with van der Waals surface area (Å²) < 4.78 is 1.71. The third kappa shape index (κ3) is 4.57. The van der Waals surface area contributed by atoms with Crippen molar-refractivity contribution in [3.05, 3.63) is 106 Å². The molecule has 2 aromatic carbocycles. The predicted octanol–water partition coefficient (Wildman–Crippen LogP) is 3.88. The molecule has 0 atom stereocenters. The predicted molar refractivity (Wildman–Crippen MR) is 111 cm³/mol. The van der Waals surface area contributed by atoms with E-state index in [9.17, 15) is 15.2 Å². The van der Waals surface area contributed by atoms with Crippen LogP contribution in [0.3, 0.4) is 0 Å². The van der Waals surface area contributed by atoms with Crippen molar-refractivity contribution in [3.8, 4) is 0 Å². The molecule has 0 unspecified atom stereocenters. The number of nitro groups is 1. The minimum Gasteiger partial charge on any atom is -0.502 e. The Kier molecular flexibility index (Phi) is 6.08. The van der Waals surface area contributed by atoms with E-state index in [-0.39, 0.29) is 11.4 Å². The van der Waals surface area contributed by atoms with E-state index >= 15 is 0 Å². The van der Waals surface area contributed by atoms with Gasteiger partial charge in [0, 0.05) is 36.4 Å². The minimum atomic E-state index is -0.483. The Morgan fingerprint density at radius 3 is 2.21 bits per heavy atom. The van der Waals surface area contributed by atoms with E-state index in [1.54, 1.807) is 17.0 Å². The van der Waals surface area contributed by atoms with Crippen molar-refractivity contribution in [1.82, 2.24) is 5.32 Å². The highest BCUT2D eigenvalue weighted by Gasteiger charge is 2.23. The Balaban J connectivity index is 1.95. The van der Waals surface area contributed by atoms with Crippen LogP contribution in [0.25, 0.3) is 11.5 Å². The van der Waals surface area contributed by atoms with Gasteiger partial charge in [-0.15, -0.1) is 0 Å². The summed E-state index contributed by atoms with van der Waals surface area (Å²) in [6, 6.07) is 21.0. The number of hydrogen-bond donors (Lipinski definition) is 2. The van der Waals surface area contributed by atoms with Gasteiger partial charge in [-0.1, -0.05) is 48.6 Å². The van der Waals surface area contributed by atoms with Crippen LogP contribution in [-0.4, -0.2) is 15.0 Å². The van der Waals surface area contributed by atoms with Crippen molar-refractivity contribution in [2.24, 2.45) is 0 Å². The maximum absolute atomic E-state index is 10.9. The van der Waals surface area contributed by atoms with E-state index in [1.807, 2.05) is 48.5 Å². The zero-order valence-electron chi connectivity index (χ0n) is 14.9. The molecular formula is C21H18N3O3S+. The third-order valence-electron chi connectivity index (χ3n) is 4.06. The highest BCUT2D eigenvalue weighted by atomic mass is 32.1. The van der Waals surface area contributed by atoms with Crippen LogP contribution in [0.1, 0.15) is 11.1 Å². The molecule has 3 rings (SSSR count). The summed E-state index contributed by atoms with van der Waals surface area (Å²) in [7, 11) is 0. The van der Waals surface area contributed by atoms with Crippen LogP contribution in [0.15, 0.2) is 85.2 Å². The first kappa shape index (κ1) is 19.2. The number of rotatable bonds is 6. The number of aromatic nitrogens is 1. The lowest BCUT2D eigenvalue weighted by Crippen LogP contribution is -2.40. The van der Waals surface area contributed by atoms with Gasteiger partial charge >= 0.3 is 0 Å². The van der Waals surface area contributed by atoms with Gasteiger partial charge < -0.3 is 10.4 Å². The zero-order valence-corrected chi connectivity index (χ0v) is 15.7. The lowest BCUT2D eigenvalue weighted by atomic mass is 10.1. The molecule has 0 bridgehead atoms. The van der Waals surface area contributed by atoms with Gasteiger partial charge in [-0.05, 0) is 17.7 Å². The molecule has 0 saturated carbocycles. The molecule has 0 radical (unpaired) electrons. The Labute approximate surface area is 167 Å². The molecule has 7 heteroatoms. The van der Waals surface area contributed by atoms with Gasteiger partial charge in [-0.2, -0.15) is 4.57 Å². The molecule has 0 fully saturated rings. The summed E-state index contributed by atoms with van der Waals surface area (Å²) in [6.07, 6.45) is 3.54. The van der Waals surface area contributed by atoms with Gasteiger partial charge in [-0.3, -0.25) is 10.1 Å². The van der Waals surface area contributed by atoms with Crippen molar-refractivity contribution < 1.29 is 14.6 Å². The first-order valence-corrected chi connectivity index (χ1v) is 8.94. The van der Waals surface area contributed by atoms with E-state index in [0.717, 1.165) is 5.56 Å². The van der Waals surface area contributed by atoms with Crippen molar-refractivity contribution in [2.45, 2.75) is 6.54 Å². The summed E-state index contributed by atoms with van der Waals surface area (Å²) in [6.45, 7) is 0.504. The Hall–Kier alpha value is -3.58. The molecular weight excluding hydrogens is 374 g/mol. The molecule has 1 heterocycles. The molecule has 0 aliphatic carbocycles. The maximum atomic E-state index is 10.9. The second-order valence-corrected chi connectivity index (χ2v) is 6.36. The number of nitrogens with one attached hydrogen (secondary N) is 1. The van der Waals surface area contributed by atoms with Crippen LogP contribution >= 0.6 is 12.2 Å². The summed E-state index contributed by atoms with van der Waals surface area (Å²) in [5.74, 6) is -0.0725. The van der Waals surface area contributed by atoms with Gasteiger partial charge in [-0.25, -0.2) is 0 Å². The molecule has 0 amide bonds. The standard InChI is InChI=1S/C21H17N3O3S/c25-20(17-9-11-18(12-10-17)24(26)27)19(23-13-5-2-6-14-23)21(28)22-15-16-7-3-1-4-8-16/h1-14H,15H2,(H-,22,25,28)/p+1. The monoisotopic (exact) mass is 392 g/mol. The Morgan fingerprint density at radius 2 is 1.61 bits per heavy atom. The van der Waals surface area contributed by atoms with E-state index in [1.165, 1.54) is 24.3 Å². The van der Waals surface area contributed by atoms with Gasteiger partial charge in [0.25, 0.3) is 11.4 Å². The number of pyridine rings is 1. The number of hydrogen-bond acceptors (Lipinski definition) is 4. The first-order valence-electron chi connectivity index (χ1n) is 8.53. The zero-order chi connectivity index (χ0) is 19.9. The maximum Gasteiger partial charge on any atom is 0.287 e. The summed E-state index contributed by atoms with van der Waals surface area (Å²) >= 11 is 5.54.